The highest BCUT2D eigenvalue weighted by atomic mass is 15.4. The zero-order chi connectivity index (χ0) is 8.97. The highest BCUT2D eigenvalue weighted by molar-refractivity contribution is 4.94. The van der Waals surface area contributed by atoms with E-state index in [9.17, 15) is 0 Å². The number of nitrogens with zero attached hydrogens (tertiary/aromatic N) is 2. The zero-order valence-corrected chi connectivity index (χ0v) is 7.61. The van der Waals surface area contributed by atoms with Crippen LogP contribution >= 0.6 is 0 Å². The Morgan fingerprint density at radius 1 is 1.67 bits per heavy atom. The molecule has 0 fully saturated rings. The molecule has 1 atom stereocenters. The van der Waals surface area contributed by atoms with E-state index in [-0.39, 0.29) is 6.17 Å². The maximum Gasteiger partial charge on any atom is 0.0911 e. The Bertz CT molecular complexity index is 177. The van der Waals surface area contributed by atoms with Crippen LogP contribution in [0.2, 0.25) is 0 Å². The summed E-state index contributed by atoms with van der Waals surface area (Å²) in [6, 6.07) is 0. The van der Waals surface area contributed by atoms with Gasteiger partial charge in [0.05, 0.1) is 12.8 Å². The molecule has 0 aromatic carbocycles. The van der Waals surface area contributed by atoms with Crippen LogP contribution in [0.1, 0.15) is 13.3 Å². The Kier molecular flexibility index (Phi) is 3.17. The molecule has 1 rings (SSSR count). The van der Waals surface area contributed by atoms with E-state index in [2.05, 4.69) is 29.5 Å². The third kappa shape index (κ3) is 2.01. The Balaban J connectivity index is 2.36. The van der Waals surface area contributed by atoms with Crippen LogP contribution in [0.5, 0.6) is 0 Å². The highest BCUT2D eigenvalue weighted by Crippen LogP contribution is 2.09. The second-order valence-corrected chi connectivity index (χ2v) is 2.99. The van der Waals surface area contributed by atoms with Crippen molar-refractivity contribution in [1.82, 2.24) is 9.80 Å². The molecular weight excluding hydrogens is 150 g/mol. The van der Waals surface area contributed by atoms with Gasteiger partial charge >= 0.3 is 0 Å². The van der Waals surface area contributed by atoms with Crippen molar-refractivity contribution in [3.8, 4) is 0 Å². The first-order chi connectivity index (χ1) is 5.77. The predicted molar refractivity (Wildman–Crippen MR) is 51.0 cm³/mol. The molecule has 1 aliphatic rings. The molecule has 1 unspecified atom stereocenters. The van der Waals surface area contributed by atoms with Crippen LogP contribution < -0.4 is 5.73 Å². The third-order valence-electron chi connectivity index (χ3n) is 2.02. The van der Waals surface area contributed by atoms with Gasteiger partial charge in [0.1, 0.15) is 0 Å². The van der Waals surface area contributed by atoms with Gasteiger partial charge in [-0.25, -0.2) is 0 Å². The minimum absolute atomic E-state index is 0.149. The maximum absolute atomic E-state index is 5.86. The molecule has 3 nitrogen and oxygen atoms in total. The van der Waals surface area contributed by atoms with Crippen LogP contribution in [0, 0.1) is 0 Å². The SMILES string of the molecule is C=CCN1C=CN(C(N)CC)C1. The minimum Gasteiger partial charge on any atom is -0.355 e. The Morgan fingerprint density at radius 3 is 3.00 bits per heavy atom. The van der Waals surface area contributed by atoms with Crippen LogP contribution in [0.25, 0.3) is 0 Å². The second kappa shape index (κ2) is 4.16. The summed E-state index contributed by atoms with van der Waals surface area (Å²) in [4.78, 5) is 4.30. The van der Waals surface area contributed by atoms with Crippen molar-refractivity contribution in [1.29, 1.82) is 0 Å². The molecule has 3 heteroatoms. The molecule has 0 amide bonds. The smallest absolute Gasteiger partial charge is 0.0911 e. The Hall–Kier alpha value is -0.960. The first kappa shape index (κ1) is 9.13. The first-order valence-corrected chi connectivity index (χ1v) is 4.32. The number of rotatable bonds is 4. The molecule has 1 aliphatic heterocycles. The lowest BCUT2D eigenvalue weighted by molar-refractivity contribution is 0.219. The summed E-state index contributed by atoms with van der Waals surface area (Å²) in [5, 5.41) is 0. The summed E-state index contributed by atoms with van der Waals surface area (Å²) in [6.45, 7) is 7.56. The van der Waals surface area contributed by atoms with Crippen LogP contribution in [-0.2, 0) is 0 Å². The fourth-order valence-electron chi connectivity index (χ4n) is 1.22. The molecule has 12 heavy (non-hydrogen) atoms. The van der Waals surface area contributed by atoms with E-state index in [0.717, 1.165) is 19.6 Å². The molecule has 0 radical (unpaired) electrons. The molecular formula is C9H17N3. The van der Waals surface area contributed by atoms with Crippen molar-refractivity contribution >= 4 is 0 Å². The third-order valence-corrected chi connectivity index (χ3v) is 2.02. The van der Waals surface area contributed by atoms with E-state index in [0.29, 0.717) is 0 Å². The van der Waals surface area contributed by atoms with E-state index in [4.69, 9.17) is 5.73 Å². The van der Waals surface area contributed by atoms with Crippen molar-refractivity contribution in [2.45, 2.75) is 19.5 Å². The molecule has 2 N–H and O–H groups in total. The molecule has 0 spiro atoms. The molecule has 0 aromatic heterocycles. The summed E-state index contributed by atoms with van der Waals surface area (Å²) in [6.07, 6.45) is 7.11. The average Bonchev–Trinajstić information content (AvgIpc) is 2.52. The van der Waals surface area contributed by atoms with Crippen molar-refractivity contribution in [3.05, 3.63) is 25.1 Å². The molecule has 68 valence electrons. The van der Waals surface area contributed by atoms with Gasteiger partial charge in [-0.15, -0.1) is 6.58 Å². The monoisotopic (exact) mass is 167 g/mol. The fraction of sp³-hybridized carbons (Fsp3) is 0.556. The van der Waals surface area contributed by atoms with Crippen LogP contribution in [-0.4, -0.2) is 29.2 Å². The van der Waals surface area contributed by atoms with Crippen molar-refractivity contribution in [3.63, 3.8) is 0 Å². The van der Waals surface area contributed by atoms with E-state index in [1.165, 1.54) is 0 Å². The van der Waals surface area contributed by atoms with Gasteiger partial charge in [0.15, 0.2) is 0 Å². The largest absolute Gasteiger partial charge is 0.355 e. The van der Waals surface area contributed by atoms with E-state index in [1.54, 1.807) is 0 Å². The van der Waals surface area contributed by atoms with Gasteiger partial charge in [-0.1, -0.05) is 13.0 Å². The van der Waals surface area contributed by atoms with Gasteiger partial charge < -0.3 is 15.5 Å². The lowest BCUT2D eigenvalue weighted by atomic mass is 10.4. The minimum atomic E-state index is 0.149. The van der Waals surface area contributed by atoms with Crippen molar-refractivity contribution in [2.24, 2.45) is 5.73 Å². The second-order valence-electron chi connectivity index (χ2n) is 2.99. The van der Waals surface area contributed by atoms with Crippen molar-refractivity contribution in [2.75, 3.05) is 13.2 Å². The first-order valence-electron chi connectivity index (χ1n) is 4.32. The molecule has 0 saturated heterocycles. The summed E-state index contributed by atoms with van der Waals surface area (Å²) >= 11 is 0. The lowest BCUT2D eigenvalue weighted by Gasteiger charge is -2.25. The lowest BCUT2D eigenvalue weighted by Crippen LogP contribution is -2.39. The molecule has 0 aliphatic carbocycles. The maximum atomic E-state index is 5.86. The Labute approximate surface area is 74.1 Å². The highest BCUT2D eigenvalue weighted by Gasteiger charge is 2.14. The average molecular weight is 167 g/mol. The van der Waals surface area contributed by atoms with Gasteiger partial charge in [0.2, 0.25) is 0 Å². The number of hydrogen-bond acceptors (Lipinski definition) is 3. The van der Waals surface area contributed by atoms with E-state index < -0.39 is 0 Å². The predicted octanol–water partition coefficient (Wildman–Crippen LogP) is 0.913. The van der Waals surface area contributed by atoms with Crippen LogP contribution in [0.15, 0.2) is 25.1 Å². The summed E-state index contributed by atoms with van der Waals surface area (Å²) in [5.41, 5.74) is 5.86. The summed E-state index contributed by atoms with van der Waals surface area (Å²) < 4.78 is 0. The number of hydrogen-bond donors (Lipinski definition) is 1. The number of nitrogens with two attached hydrogens (primary N) is 1. The van der Waals surface area contributed by atoms with Crippen LogP contribution in [0.4, 0.5) is 0 Å². The molecule has 1 heterocycles. The van der Waals surface area contributed by atoms with Crippen LogP contribution in [0.3, 0.4) is 0 Å². The van der Waals surface area contributed by atoms with E-state index in [1.807, 2.05) is 12.3 Å². The zero-order valence-electron chi connectivity index (χ0n) is 7.61. The quantitative estimate of drug-likeness (QED) is 0.632. The fourth-order valence-corrected chi connectivity index (χ4v) is 1.22. The standard InChI is InChI=1S/C9H17N3/c1-3-5-11-6-7-12(8-11)9(10)4-2/h3,6-7,9H,1,4-5,8,10H2,2H3. The van der Waals surface area contributed by atoms with E-state index >= 15 is 0 Å². The van der Waals surface area contributed by atoms with Crippen molar-refractivity contribution < 1.29 is 0 Å². The summed E-state index contributed by atoms with van der Waals surface area (Å²) in [5.74, 6) is 0. The summed E-state index contributed by atoms with van der Waals surface area (Å²) in [7, 11) is 0. The molecule has 0 bridgehead atoms. The van der Waals surface area contributed by atoms with Gasteiger partial charge in [-0.3, -0.25) is 0 Å². The Morgan fingerprint density at radius 2 is 2.42 bits per heavy atom. The van der Waals surface area contributed by atoms with Gasteiger partial charge in [0, 0.05) is 18.9 Å². The molecule has 0 aromatic rings. The topological polar surface area (TPSA) is 32.5 Å². The van der Waals surface area contributed by atoms with Gasteiger partial charge in [0.25, 0.3) is 0 Å². The molecule has 0 saturated carbocycles. The van der Waals surface area contributed by atoms with Gasteiger partial charge in [-0.2, -0.15) is 0 Å². The van der Waals surface area contributed by atoms with Gasteiger partial charge in [-0.05, 0) is 6.42 Å². The normalized spacial score (nSPS) is 18.5.